The van der Waals surface area contributed by atoms with Gasteiger partial charge in [-0.2, -0.15) is 0 Å². The summed E-state index contributed by atoms with van der Waals surface area (Å²) >= 11 is 0. The minimum absolute atomic E-state index is 0.0515. The molecule has 1 fully saturated rings. The molecule has 0 aromatic heterocycles. The Bertz CT molecular complexity index is 256. The van der Waals surface area contributed by atoms with E-state index in [2.05, 4.69) is 26.1 Å². The van der Waals surface area contributed by atoms with Crippen molar-refractivity contribution in [1.82, 2.24) is 10.2 Å². The summed E-state index contributed by atoms with van der Waals surface area (Å²) < 4.78 is 5.55. The summed E-state index contributed by atoms with van der Waals surface area (Å²) in [6, 6.07) is -0.0515. The molecule has 1 heterocycles. The van der Waals surface area contributed by atoms with E-state index in [0.29, 0.717) is 19.1 Å². The maximum atomic E-state index is 12.0. The van der Waals surface area contributed by atoms with Gasteiger partial charge in [0.1, 0.15) is 0 Å². The van der Waals surface area contributed by atoms with Crippen molar-refractivity contribution in [3.8, 4) is 0 Å². The zero-order valence-electron chi connectivity index (χ0n) is 12.2. The van der Waals surface area contributed by atoms with Gasteiger partial charge in [-0.25, -0.2) is 0 Å². The summed E-state index contributed by atoms with van der Waals surface area (Å²) in [5.41, 5.74) is 0. The highest BCUT2D eigenvalue weighted by atomic mass is 16.5. The smallest absolute Gasteiger partial charge is 0.240 e. The molecule has 1 amide bonds. The van der Waals surface area contributed by atoms with Gasteiger partial charge in [0.15, 0.2) is 0 Å². The van der Waals surface area contributed by atoms with E-state index >= 15 is 0 Å². The van der Waals surface area contributed by atoms with Crippen LogP contribution in [0.1, 0.15) is 47.0 Å². The number of nitrogens with one attached hydrogen (secondary N) is 1. The van der Waals surface area contributed by atoms with Crippen LogP contribution in [0.4, 0.5) is 0 Å². The van der Waals surface area contributed by atoms with Crippen LogP contribution in [0.25, 0.3) is 0 Å². The van der Waals surface area contributed by atoms with Crippen molar-refractivity contribution in [2.75, 3.05) is 19.8 Å². The van der Waals surface area contributed by atoms with Crippen molar-refractivity contribution in [2.45, 2.75) is 59.2 Å². The number of ether oxygens (including phenoxy) is 1. The molecule has 0 aliphatic carbocycles. The molecular weight excluding hydrogens is 228 g/mol. The van der Waals surface area contributed by atoms with E-state index < -0.39 is 0 Å². The van der Waals surface area contributed by atoms with Crippen molar-refractivity contribution in [1.29, 1.82) is 0 Å². The summed E-state index contributed by atoms with van der Waals surface area (Å²) in [6.07, 6.45) is 3.43. The first-order chi connectivity index (χ1) is 8.56. The molecule has 2 atom stereocenters. The summed E-state index contributed by atoms with van der Waals surface area (Å²) in [5, 5.41) is 3.36. The third-order valence-corrected chi connectivity index (χ3v) is 3.29. The molecule has 2 unspecified atom stereocenters. The zero-order chi connectivity index (χ0) is 13.5. The highest BCUT2D eigenvalue weighted by molar-refractivity contribution is 5.83. The molecule has 1 aliphatic heterocycles. The van der Waals surface area contributed by atoms with Crippen LogP contribution in [-0.2, 0) is 9.53 Å². The van der Waals surface area contributed by atoms with Crippen LogP contribution < -0.4 is 5.32 Å². The Morgan fingerprint density at radius 3 is 2.72 bits per heavy atom. The van der Waals surface area contributed by atoms with Crippen LogP contribution in [0.3, 0.4) is 0 Å². The number of hydrogen-bond donors (Lipinski definition) is 1. The average molecular weight is 256 g/mol. The Morgan fingerprint density at radius 1 is 1.39 bits per heavy atom. The molecule has 18 heavy (non-hydrogen) atoms. The van der Waals surface area contributed by atoms with Crippen molar-refractivity contribution >= 4 is 5.91 Å². The van der Waals surface area contributed by atoms with Crippen LogP contribution in [0.5, 0.6) is 0 Å². The Labute approximate surface area is 111 Å². The SMILES string of the molecule is CCCCOCCN1C(=O)C(C)NC1CC(C)C. The fourth-order valence-corrected chi connectivity index (χ4v) is 2.27. The number of nitrogens with zero attached hydrogens (tertiary/aromatic N) is 1. The number of hydrogen-bond acceptors (Lipinski definition) is 3. The van der Waals surface area contributed by atoms with Gasteiger partial charge in [-0.15, -0.1) is 0 Å². The number of carbonyl (C=O) groups is 1. The largest absolute Gasteiger partial charge is 0.380 e. The number of rotatable bonds is 8. The Morgan fingerprint density at radius 2 is 2.11 bits per heavy atom. The molecule has 0 spiro atoms. The normalized spacial score (nSPS) is 24.3. The van der Waals surface area contributed by atoms with E-state index in [1.165, 1.54) is 0 Å². The van der Waals surface area contributed by atoms with E-state index in [-0.39, 0.29) is 18.1 Å². The fraction of sp³-hybridized carbons (Fsp3) is 0.929. The quantitative estimate of drug-likeness (QED) is 0.675. The molecule has 1 rings (SSSR count). The van der Waals surface area contributed by atoms with Crippen molar-refractivity contribution in [2.24, 2.45) is 5.92 Å². The highest BCUT2D eigenvalue weighted by Crippen LogP contribution is 2.17. The maximum Gasteiger partial charge on any atom is 0.240 e. The highest BCUT2D eigenvalue weighted by Gasteiger charge is 2.35. The minimum Gasteiger partial charge on any atom is -0.380 e. The second kappa shape index (κ2) is 7.74. The monoisotopic (exact) mass is 256 g/mol. The second-order valence-electron chi connectivity index (χ2n) is 5.53. The second-order valence-corrected chi connectivity index (χ2v) is 5.53. The molecule has 0 bridgehead atoms. The third-order valence-electron chi connectivity index (χ3n) is 3.29. The molecule has 1 aliphatic rings. The Kier molecular flexibility index (Phi) is 6.65. The van der Waals surface area contributed by atoms with Crippen molar-refractivity contribution < 1.29 is 9.53 Å². The van der Waals surface area contributed by atoms with Gasteiger partial charge in [-0.3, -0.25) is 10.1 Å². The number of carbonyl (C=O) groups excluding carboxylic acids is 1. The minimum atomic E-state index is -0.0515. The Hall–Kier alpha value is -0.610. The van der Waals surface area contributed by atoms with E-state index in [4.69, 9.17) is 4.74 Å². The van der Waals surface area contributed by atoms with Gasteiger partial charge in [0, 0.05) is 13.2 Å². The van der Waals surface area contributed by atoms with Gasteiger partial charge < -0.3 is 9.64 Å². The van der Waals surface area contributed by atoms with E-state index in [1.807, 2.05) is 11.8 Å². The van der Waals surface area contributed by atoms with Gasteiger partial charge >= 0.3 is 0 Å². The summed E-state index contributed by atoms with van der Waals surface area (Å²) in [4.78, 5) is 14.0. The summed E-state index contributed by atoms with van der Waals surface area (Å²) in [6.45, 7) is 10.6. The maximum absolute atomic E-state index is 12.0. The molecule has 4 heteroatoms. The Balaban J connectivity index is 2.36. The van der Waals surface area contributed by atoms with Gasteiger partial charge in [0.25, 0.3) is 0 Å². The van der Waals surface area contributed by atoms with Crippen molar-refractivity contribution in [3.05, 3.63) is 0 Å². The molecule has 0 aromatic carbocycles. The predicted molar refractivity (Wildman–Crippen MR) is 73.3 cm³/mol. The molecular formula is C14H28N2O2. The average Bonchev–Trinajstić information content (AvgIpc) is 2.55. The van der Waals surface area contributed by atoms with Crippen molar-refractivity contribution in [3.63, 3.8) is 0 Å². The first-order valence-corrected chi connectivity index (χ1v) is 7.20. The van der Waals surface area contributed by atoms with Crippen LogP contribution in [0.15, 0.2) is 0 Å². The van der Waals surface area contributed by atoms with Crippen LogP contribution in [0.2, 0.25) is 0 Å². The lowest BCUT2D eigenvalue weighted by Crippen LogP contribution is -2.40. The van der Waals surface area contributed by atoms with Crippen LogP contribution >= 0.6 is 0 Å². The van der Waals surface area contributed by atoms with E-state index in [1.54, 1.807) is 0 Å². The molecule has 0 radical (unpaired) electrons. The molecule has 0 saturated carbocycles. The standard InChI is InChI=1S/C14H28N2O2/c1-5-6-8-18-9-7-16-13(10-11(2)3)15-12(4)14(16)17/h11-13,15H,5-10H2,1-4H3. The first kappa shape index (κ1) is 15.4. The van der Waals surface area contributed by atoms with Gasteiger partial charge in [0.2, 0.25) is 5.91 Å². The molecule has 1 N–H and O–H groups in total. The topological polar surface area (TPSA) is 41.6 Å². The lowest BCUT2D eigenvalue weighted by molar-refractivity contribution is -0.130. The summed E-state index contributed by atoms with van der Waals surface area (Å²) in [5.74, 6) is 0.795. The van der Waals surface area contributed by atoms with Gasteiger partial charge in [-0.05, 0) is 25.7 Å². The first-order valence-electron chi connectivity index (χ1n) is 7.20. The number of unbranched alkanes of at least 4 members (excludes halogenated alkanes) is 1. The van der Waals surface area contributed by atoms with Gasteiger partial charge in [-0.1, -0.05) is 27.2 Å². The molecule has 106 valence electrons. The summed E-state index contributed by atoms with van der Waals surface area (Å²) in [7, 11) is 0. The van der Waals surface area contributed by atoms with Crippen LogP contribution in [-0.4, -0.2) is 42.8 Å². The fourth-order valence-electron chi connectivity index (χ4n) is 2.27. The van der Waals surface area contributed by atoms with Gasteiger partial charge in [0.05, 0.1) is 18.8 Å². The van der Waals surface area contributed by atoms with Crippen LogP contribution in [0, 0.1) is 5.92 Å². The lowest BCUT2D eigenvalue weighted by Gasteiger charge is -2.25. The third kappa shape index (κ3) is 4.58. The zero-order valence-corrected chi connectivity index (χ0v) is 12.2. The van der Waals surface area contributed by atoms with E-state index in [9.17, 15) is 4.79 Å². The predicted octanol–water partition coefficient (Wildman–Crippen LogP) is 2.00. The molecule has 4 nitrogen and oxygen atoms in total. The number of amides is 1. The molecule has 0 aromatic rings. The molecule has 1 saturated heterocycles. The van der Waals surface area contributed by atoms with E-state index in [0.717, 1.165) is 25.9 Å². The lowest BCUT2D eigenvalue weighted by atomic mass is 10.1.